The number of nitrogen functional groups attached to an aromatic ring is 1. The highest BCUT2D eigenvalue weighted by Gasteiger charge is 2.18. The van der Waals surface area contributed by atoms with E-state index in [-0.39, 0.29) is 0 Å². The Morgan fingerprint density at radius 3 is 2.46 bits per heavy atom. The third-order valence-corrected chi connectivity index (χ3v) is 4.18. The Labute approximate surface area is 141 Å². The van der Waals surface area contributed by atoms with Gasteiger partial charge >= 0.3 is 0 Å². The molecule has 2 aromatic carbocycles. The van der Waals surface area contributed by atoms with Gasteiger partial charge in [0.05, 0.1) is 17.9 Å². The lowest BCUT2D eigenvalue weighted by molar-refractivity contribution is 0.842. The van der Waals surface area contributed by atoms with E-state index in [0.717, 1.165) is 40.3 Å². The van der Waals surface area contributed by atoms with E-state index in [2.05, 4.69) is 33.6 Å². The van der Waals surface area contributed by atoms with Crippen LogP contribution in [0.2, 0.25) is 0 Å². The van der Waals surface area contributed by atoms with Crippen LogP contribution in [0.25, 0.3) is 16.8 Å². The van der Waals surface area contributed by atoms with Gasteiger partial charge in [0.15, 0.2) is 0 Å². The zero-order valence-electron chi connectivity index (χ0n) is 13.2. The molecule has 0 unspecified atom stereocenters. The van der Waals surface area contributed by atoms with Crippen molar-refractivity contribution in [2.45, 2.75) is 0 Å². The van der Waals surface area contributed by atoms with Crippen molar-refractivity contribution in [1.82, 2.24) is 10.4 Å². The minimum atomic E-state index is 0.763. The molecule has 4 rings (SSSR count). The molecule has 3 N–H and O–H groups in total. The van der Waals surface area contributed by atoms with Crippen LogP contribution in [-0.4, -0.2) is 11.5 Å². The molecule has 0 saturated carbocycles. The lowest BCUT2D eigenvalue weighted by Gasteiger charge is -2.19. The number of pyridine rings is 1. The largest absolute Gasteiger partial charge is 0.398 e. The van der Waals surface area contributed by atoms with Crippen LogP contribution in [0.3, 0.4) is 0 Å². The van der Waals surface area contributed by atoms with E-state index in [1.807, 2.05) is 54.7 Å². The molecule has 3 aromatic rings. The smallest absolute Gasteiger partial charge is 0.0722 e. The number of hydrogen-bond acceptors (Lipinski definition) is 4. The predicted molar refractivity (Wildman–Crippen MR) is 99.0 cm³/mol. The number of aromatic nitrogens is 1. The molecule has 4 nitrogen and oxygen atoms in total. The summed E-state index contributed by atoms with van der Waals surface area (Å²) in [5.41, 5.74) is 15.7. The monoisotopic (exact) mass is 314 g/mol. The topological polar surface area (TPSA) is 54.2 Å². The number of nitrogens with one attached hydrogen (secondary N) is 1. The Kier molecular flexibility index (Phi) is 3.63. The van der Waals surface area contributed by atoms with Gasteiger partial charge in [0.2, 0.25) is 0 Å². The van der Waals surface area contributed by atoms with Crippen LogP contribution in [0.15, 0.2) is 79.1 Å². The number of rotatable bonds is 3. The average Bonchev–Trinajstić information content (AvgIpc) is 3.13. The zero-order chi connectivity index (χ0) is 16.4. The number of nitrogens with two attached hydrogens (primary N) is 1. The van der Waals surface area contributed by atoms with Crippen LogP contribution in [0.5, 0.6) is 0 Å². The molecule has 0 spiro atoms. The van der Waals surface area contributed by atoms with Crippen molar-refractivity contribution in [1.29, 1.82) is 0 Å². The average molecular weight is 314 g/mol. The van der Waals surface area contributed by atoms with Crippen molar-refractivity contribution in [3.05, 3.63) is 84.7 Å². The molecule has 0 radical (unpaired) electrons. The van der Waals surface area contributed by atoms with E-state index in [4.69, 9.17) is 5.73 Å². The second-order valence-electron chi connectivity index (χ2n) is 5.70. The van der Waals surface area contributed by atoms with Gasteiger partial charge in [-0.2, -0.15) is 0 Å². The van der Waals surface area contributed by atoms with Crippen molar-refractivity contribution in [3.63, 3.8) is 0 Å². The van der Waals surface area contributed by atoms with Crippen molar-refractivity contribution >= 4 is 16.9 Å². The van der Waals surface area contributed by atoms with Crippen LogP contribution in [0, 0.1) is 0 Å². The van der Waals surface area contributed by atoms with Gasteiger partial charge in [0.1, 0.15) is 0 Å². The Morgan fingerprint density at radius 2 is 1.67 bits per heavy atom. The lowest BCUT2D eigenvalue weighted by atomic mass is 9.99. The summed E-state index contributed by atoms with van der Waals surface area (Å²) < 4.78 is 0. The van der Waals surface area contributed by atoms with Crippen molar-refractivity contribution in [2.75, 3.05) is 17.3 Å². The first-order valence-corrected chi connectivity index (χ1v) is 7.91. The van der Waals surface area contributed by atoms with E-state index >= 15 is 0 Å². The van der Waals surface area contributed by atoms with Crippen LogP contribution in [0.4, 0.5) is 11.4 Å². The minimum Gasteiger partial charge on any atom is -0.398 e. The van der Waals surface area contributed by atoms with Gasteiger partial charge in [0, 0.05) is 34.8 Å². The summed E-state index contributed by atoms with van der Waals surface area (Å²) in [7, 11) is 0. The highest BCUT2D eigenvalue weighted by atomic mass is 15.5. The summed E-state index contributed by atoms with van der Waals surface area (Å²) in [6.45, 7) is 0.764. The predicted octanol–water partition coefficient (Wildman–Crippen LogP) is 3.70. The molecule has 118 valence electrons. The number of hydrazine groups is 1. The van der Waals surface area contributed by atoms with Crippen LogP contribution < -0.4 is 16.2 Å². The Bertz CT molecular complexity index is 873. The fraction of sp³-hybridized carbons (Fsp3) is 0.0500. The van der Waals surface area contributed by atoms with Crippen molar-refractivity contribution in [2.24, 2.45) is 0 Å². The van der Waals surface area contributed by atoms with E-state index in [9.17, 15) is 0 Å². The third kappa shape index (κ3) is 2.58. The molecule has 0 aliphatic carbocycles. The number of benzene rings is 2. The molecule has 24 heavy (non-hydrogen) atoms. The van der Waals surface area contributed by atoms with E-state index in [1.165, 1.54) is 0 Å². The summed E-state index contributed by atoms with van der Waals surface area (Å²) in [5.74, 6) is 0. The van der Waals surface area contributed by atoms with Crippen molar-refractivity contribution < 1.29 is 0 Å². The van der Waals surface area contributed by atoms with E-state index < -0.39 is 0 Å². The van der Waals surface area contributed by atoms with Gasteiger partial charge in [-0.15, -0.1) is 0 Å². The van der Waals surface area contributed by atoms with Gasteiger partial charge in [-0.25, -0.2) is 0 Å². The zero-order valence-corrected chi connectivity index (χ0v) is 13.2. The number of para-hydroxylation sites is 2. The lowest BCUT2D eigenvalue weighted by Crippen LogP contribution is -2.29. The van der Waals surface area contributed by atoms with Gasteiger partial charge < -0.3 is 11.2 Å². The molecule has 1 aliphatic rings. The molecular weight excluding hydrogens is 296 g/mol. The molecule has 0 saturated heterocycles. The summed E-state index contributed by atoms with van der Waals surface area (Å²) >= 11 is 0. The maximum absolute atomic E-state index is 6.45. The summed E-state index contributed by atoms with van der Waals surface area (Å²) in [4.78, 5) is 4.41. The highest BCUT2D eigenvalue weighted by Crippen LogP contribution is 2.33. The van der Waals surface area contributed by atoms with Gasteiger partial charge in [0.25, 0.3) is 0 Å². The maximum atomic E-state index is 6.45. The van der Waals surface area contributed by atoms with Crippen LogP contribution >= 0.6 is 0 Å². The molecular formula is C20H18N4. The van der Waals surface area contributed by atoms with Gasteiger partial charge in [-0.3, -0.25) is 9.99 Å². The van der Waals surface area contributed by atoms with E-state index in [0.29, 0.717) is 0 Å². The SMILES string of the molecule is Nc1c(C2=CNN(c3ccccc3)C2)cccc1-c1ccccn1. The second kappa shape index (κ2) is 6.08. The summed E-state index contributed by atoms with van der Waals surface area (Å²) in [6.07, 6.45) is 3.80. The molecule has 1 aliphatic heterocycles. The fourth-order valence-electron chi connectivity index (χ4n) is 2.94. The Morgan fingerprint density at radius 1 is 0.875 bits per heavy atom. The summed E-state index contributed by atoms with van der Waals surface area (Å²) in [5, 5.41) is 2.10. The van der Waals surface area contributed by atoms with Gasteiger partial charge in [-0.05, 0) is 24.3 Å². The molecule has 4 heteroatoms. The third-order valence-electron chi connectivity index (χ3n) is 4.18. The van der Waals surface area contributed by atoms with Crippen LogP contribution in [-0.2, 0) is 0 Å². The van der Waals surface area contributed by atoms with Crippen molar-refractivity contribution in [3.8, 4) is 11.3 Å². The first-order chi connectivity index (χ1) is 11.8. The molecule has 1 aromatic heterocycles. The Balaban J connectivity index is 1.64. The standard InChI is InChI=1S/C20H18N4/c21-20-17(9-6-10-18(20)19-11-4-5-12-22-19)15-13-23-24(14-15)16-7-2-1-3-8-16/h1-13,23H,14,21H2. The number of hydrogen-bond donors (Lipinski definition) is 2. The minimum absolute atomic E-state index is 0.763. The summed E-state index contributed by atoms with van der Waals surface area (Å²) in [6, 6.07) is 22.2. The first kappa shape index (κ1) is 14.3. The van der Waals surface area contributed by atoms with Gasteiger partial charge in [-0.1, -0.05) is 42.5 Å². The molecule has 0 fully saturated rings. The number of anilines is 2. The fourth-order valence-corrected chi connectivity index (χ4v) is 2.94. The van der Waals surface area contributed by atoms with E-state index in [1.54, 1.807) is 6.20 Å². The molecule has 2 heterocycles. The normalized spacial score (nSPS) is 13.5. The van der Waals surface area contributed by atoms with Crippen LogP contribution in [0.1, 0.15) is 5.56 Å². The first-order valence-electron chi connectivity index (χ1n) is 7.91. The molecule has 0 bridgehead atoms. The highest BCUT2D eigenvalue weighted by molar-refractivity contribution is 5.87. The number of nitrogens with zero attached hydrogens (tertiary/aromatic N) is 2. The second-order valence-corrected chi connectivity index (χ2v) is 5.70. The maximum Gasteiger partial charge on any atom is 0.0722 e. The quantitative estimate of drug-likeness (QED) is 0.724. The molecule has 0 atom stereocenters. The molecule has 0 amide bonds. The Hall–Kier alpha value is -3.27.